The van der Waals surface area contributed by atoms with Crippen LogP contribution in [0.4, 0.5) is 0 Å². The van der Waals surface area contributed by atoms with Crippen molar-refractivity contribution in [1.82, 2.24) is 29.9 Å². The van der Waals surface area contributed by atoms with Gasteiger partial charge in [0.15, 0.2) is 0 Å². The van der Waals surface area contributed by atoms with E-state index >= 15 is 0 Å². The summed E-state index contributed by atoms with van der Waals surface area (Å²) in [6.45, 7) is 8.49. The Labute approximate surface area is 214 Å². The molecular formula is C29H38N6O. The number of amides is 1. The average molecular weight is 487 g/mol. The minimum Gasteiger partial charge on any atom is -0.355 e. The number of rotatable bonds is 7. The largest absolute Gasteiger partial charge is 0.355 e. The van der Waals surface area contributed by atoms with Crippen molar-refractivity contribution in [3.8, 4) is 11.1 Å². The van der Waals surface area contributed by atoms with Crippen LogP contribution in [0.1, 0.15) is 35.6 Å². The molecule has 36 heavy (non-hydrogen) atoms. The number of piperidine rings is 1. The van der Waals surface area contributed by atoms with Gasteiger partial charge in [0.05, 0.1) is 5.92 Å². The van der Waals surface area contributed by atoms with Gasteiger partial charge in [-0.25, -0.2) is 0 Å². The second-order valence-electron chi connectivity index (χ2n) is 10.4. The standard InChI is InChI=1S/C29H38N6O/c1-22-7-3-4-11-26(22)24-9-5-8-23(19-24)20-34-16-13-28-32-31-27(35(28)18-17-34)12-14-30-29(36)25-10-6-15-33(2)21-25/h3-5,7-9,11,19,25H,6,10,12-18,20-21H2,1-2H3,(H,30,36). The quantitative estimate of drug-likeness (QED) is 0.555. The SMILES string of the molecule is Cc1ccccc1-c1cccc(CN2CCc3nnc(CCNC(=O)C4CCCN(C)C4)n3CC2)c1. The first kappa shape index (κ1) is 24.7. The lowest BCUT2D eigenvalue weighted by atomic mass is 9.97. The lowest BCUT2D eigenvalue weighted by Crippen LogP contribution is -2.42. The van der Waals surface area contributed by atoms with Gasteiger partial charge in [0, 0.05) is 52.1 Å². The van der Waals surface area contributed by atoms with Crippen LogP contribution < -0.4 is 5.32 Å². The van der Waals surface area contributed by atoms with Crippen LogP contribution in [0, 0.1) is 12.8 Å². The van der Waals surface area contributed by atoms with Crippen LogP contribution in [0.25, 0.3) is 11.1 Å². The second kappa shape index (κ2) is 11.4. The minimum absolute atomic E-state index is 0.108. The maximum absolute atomic E-state index is 12.6. The van der Waals surface area contributed by atoms with E-state index in [-0.39, 0.29) is 11.8 Å². The maximum Gasteiger partial charge on any atom is 0.224 e. The molecule has 7 heteroatoms. The Bertz CT molecular complexity index is 1190. The predicted molar refractivity (Wildman–Crippen MR) is 143 cm³/mol. The van der Waals surface area contributed by atoms with Gasteiger partial charge in [-0.15, -0.1) is 10.2 Å². The highest BCUT2D eigenvalue weighted by atomic mass is 16.1. The Morgan fingerprint density at radius 3 is 2.81 bits per heavy atom. The van der Waals surface area contributed by atoms with Crippen LogP contribution in [-0.4, -0.2) is 70.2 Å². The number of fused-ring (bicyclic) bond motifs is 1. The van der Waals surface area contributed by atoms with E-state index in [1.165, 1.54) is 22.3 Å². The topological polar surface area (TPSA) is 66.3 Å². The van der Waals surface area contributed by atoms with Crippen molar-refractivity contribution in [2.24, 2.45) is 5.92 Å². The molecule has 0 radical (unpaired) electrons. The number of hydrogen-bond donors (Lipinski definition) is 1. The molecule has 2 aliphatic heterocycles. The fraction of sp³-hybridized carbons (Fsp3) is 0.483. The van der Waals surface area contributed by atoms with Gasteiger partial charge < -0.3 is 14.8 Å². The first-order valence-corrected chi connectivity index (χ1v) is 13.3. The number of benzene rings is 2. The van der Waals surface area contributed by atoms with Gasteiger partial charge in [0.2, 0.25) is 5.91 Å². The average Bonchev–Trinajstić information content (AvgIpc) is 3.16. The third kappa shape index (κ3) is 5.85. The maximum atomic E-state index is 12.6. The number of carbonyl (C=O) groups is 1. The fourth-order valence-corrected chi connectivity index (χ4v) is 5.58. The third-order valence-corrected chi connectivity index (χ3v) is 7.63. The molecule has 1 fully saturated rings. The normalized spacial score (nSPS) is 19.0. The Balaban J connectivity index is 1.15. The van der Waals surface area contributed by atoms with Crippen molar-refractivity contribution in [1.29, 1.82) is 0 Å². The monoisotopic (exact) mass is 486 g/mol. The van der Waals surface area contributed by atoms with Crippen LogP contribution in [0.2, 0.25) is 0 Å². The fourth-order valence-electron chi connectivity index (χ4n) is 5.58. The lowest BCUT2D eigenvalue weighted by molar-refractivity contribution is -0.126. The molecule has 1 amide bonds. The van der Waals surface area contributed by atoms with Gasteiger partial charge in [-0.3, -0.25) is 9.69 Å². The molecule has 190 valence electrons. The predicted octanol–water partition coefficient (Wildman–Crippen LogP) is 3.31. The van der Waals surface area contributed by atoms with Crippen LogP contribution in [-0.2, 0) is 30.7 Å². The van der Waals surface area contributed by atoms with Crippen molar-refractivity contribution in [3.63, 3.8) is 0 Å². The molecule has 2 aromatic carbocycles. The zero-order valence-electron chi connectivity index (χ0n) is 21.6. The Hall–Kier alpha value is -3.03. The van der Waals surface area contributed by atoms with Crippen molar-refractivity contribution in [2.45, 2.75) is 45.7 Å². The molecule has 1 N–H and O–H groups in total. The van der Waals surface area contributed by atoms with E-state index in [1.807, 2.05) is 0 Å². The molecule has 0 spiro atoms. The molecule has 3 heterocycles. The third-order valence-electron chi connectivity index (χ3n) is 7.63. The molecule has 2 aliphatic rings. The van der Waals surface area contributed by atoms with Crippen molar-refractivity contribution in [3.05, 3.63) is 71.3 Å². The first-order valence-electron chi connectivity index (χ1n) is 13.3. The van der Waals surface area contributed by atoms with E-state index in [0.29, 0.717) is 6.54 Å². The summed E-state index contributed by atoms with van der Waals surface area (Å²) in [5.74, 6) is 2.32. The van der Waals surface area contributed by atoms with Crippen molar-refractivity contribution < 1.29 is 4.79 Å². The second-order valence-corrected chi connectivity index (χ2v) is 10.4. The summed E-state index contributed by atoms with van der Waals surface area (Å²) in [6.07, 6.45) is 3.70. The van der Waals surface area contributed by atoms with E-state index < -0.39 is 0 Å². The van der Waals surface area contributed by atoms with Crippen molar-refractivity contribution in [2.75, 3.05) is 39.8 Å². The Kier molecular flexibility index (Phi) is 7.78. The molecule has 1 saturated heterocycles. The molecule has 5 rings (SSSR count). The van der Waals surface area contributed by atoms with E-state index in [2.05, 4.69) is 92.4 Å². The molecule has 0 saturated carbocycles. The highest BCUT2D eigenvalue weighted by molar-refractivity contribution is 5.78. The molecule has 1 unspecified atom stereocenters. The number of nitrogens with zero attached hydrogens (tertiary/aromatic N) is 5. The Morgan fingerprint density at radius 1 is 1.06 bits per heavy atom. The number of carbonyl (C=O) groups excluding carboxylic acids is 1. The number of aryl methyl sites for hydroxylation is 1. The molecule has 1 aromatic heterocycles. The minimum atomic E-state index is 0.108. The number of aromatic nitrogens is 3. The molecule has 3 aromatic rings. The smallest absolute Gasteiger partial charge is 0.224 e. The molecular weight excluding hydrogens is 448 g/mol. The first-order chi connectivity index (χ1) is 17.6. The highest BCUT2D eigenvalue weighted by Gasteiger charge is 2.24. The summed E-state index contributed by atoms with van der Waals surface area (Å²) in [6, 6.07) is 17.5. The number of nitrogens with one attached hydrogen (secondary N) is 1. The summed E-state index contributed by atoms with van der Waals surface area (Å²) < 4.78 is 2.27. The Morgan fingerprint density at radius 2 is 1.94 bits per heavy atom. The summed E-state index contributed by atoms with van der Waals surface area (Å²) >= 11 is 0. The van der Waals surface area contributed by atoms with E-state index in [9.17, 15) is 4.79 Å². The summed E-state index contributed by atoms with van der Waals surface area (Å²) in [7, 11) is 2.09. The van der Waals surface area contributed by atoms with Crippen LogP contribution in [0.15, 0.2) is 48.5 Å². The van der Waals surface area contributed by atoms with Gasteiger partial charge in [-0.1, -0.05) is 42.5 Å². The molecule has 0 bridgehead atoms. The summed E-state index contributed by atoms with van der Waals surface area (Å²) in [4.78, 5) is 17.3. The van der Waals surface area contributed by atoms with Crippen LogP contribution in [0.5, 0.6) is 0 Å². The zero-order valence-corrected chi connectivity index (χ0v) is 21.6. The molecule has 7 nitrogen and oxygen atoms in total. The van der Waals surface area contributed by atoms with Crippen molar-refractivity contribution >= 4 is 5.91 Å². The summed E-state index contributed by atoms with van der Waals surface area (Å²) in [5.41, 5.74) is 5.22. The van der Waals surface area contributed by atoms with Crippen LogP contribution >= 0.6 is 0 Å². The molecule has 0 aliphatic carbocycles. The zero-order chi connectivity index (χ0) is 24.9. The van der Waals surface area contributed by atoms with E-state index in [0.717, 1.165) is 76.6 Å². The highest BCUT2D eigenvalue weighted by Crippen LogP contribution is 2.24. The van der Waals surface area contributed by atoms with Gasteiger partial charge in [-0.2, -0.15) is 0 Å². The van der Waals surface area contributed by atoms with Gasteiger partial charge in [0.25, 0.3) is 0 Å². The molecule has 1 atom stereocenters. The lowest BCUT2D eigenvalue weighted by Gasteiger charge is -2.28. The van der Waals surface area contributed by atoms with Gasteiger partial charge in [0.1, 0.15) is 11.6 Å². The van der Waals surface area contributed by atoms with Gasteiger partial charge in [-0.05, 0) is 61.7 Å². The number of hydrogen-bond acceptors (Lipinski definition) is 5. The number of likely N-dealkylation sites (tertiary alicyclic amines) is 1. The van der Waals surface area contributed by atoms with Gasteiger partial charge >= 0.3 is 0 Å². The van der Waals surface area contributed by atoms with E-state index in [4.69, 9.17) is 0 Å². The van der Waals surface area contributed by atoms with Crippen LogP contribution in [0.3, 0.4) is 0 Å². The van der Waals surface area contributed by atoms with E-state index in [1.54, 1.807) is 0 Å². The summed E-state index contributed by atoms with van der Waals surface area (Å²) in [5, 5.41) is 12.1.